The van der Waals surface area contributed by atoms with E-state index >= 15 is 0 Å². The Morgan fingerprint density at radius 3 is 2.38 bits per heavy atom. The minimum atomic E-state index is -1.05. The summed E-state index contributed by atoms with van der Waals surface area (Å²) in [7, 11) is 0. The second-order valence-corrected chi connectivity index (χ2v) is 8.14. The van der Waals surface area contributed by atoms with Crippen molar-refractivity contribution in [3.8, 4) is 5.75 Å². The van der Waals surface area contributed by atoms with E-state index in [1.165, 1.54) is 0 Å². The molecule has 1 aromatic heterocycles. The van der Waals surface area contributed by atoms with Crippen molar-refractivity contribution in [1.82, 2.24) is 0 Å². The molecule has 0 atom stereocenters. The van der Waals surface area contributed by atoms with Crippen LogP contribution in [0.4, 0.5) is 0 Å². The Hall–Kier alpha value is -1.62. The van der Waals surface area contributed by atoms with Crippen LogP contribution in [0.5, 0.6) is 5.75 Å². The van der Waals surface area contributed by atoms with Crippen LogP contribution in [0.2, 0.25) is 0 Å². The smallest absolute Gasteiger partial charge is 0.341 e. The number of fused-ring (bicyclic) bond motifs is 1. The first-order chi connectivity index (χ1) is 12.3. The van der Waals surface area contributed by atoms with Crippen molar-refractivity contribution in [2.75, 3.05) is 6.61 Å². The van der Waals surface area contributed by atoms with Gasteiger partial charge in [0.15, 0.2) is 12.4 Å². The van der Waals surface area contributed by atoms with Gasteiger partial charge in [0.05, 0.1) is 12.7 Å². The normalized spacial score (nSPS) is 10.9. The summed E-state index contributed by atoms with van der Waals surface area (Å²) in [5.41, 5.74) is 2.79. The minimum absolute atomic E-state index is 0.132. The maximum absolute atomic E-state index is 13.1. The molecule has 0 radical (unpaired) electrons. The standard InChI is InChI=1S/C19H14I2O5/c1-9-3-4-15-12(5-9)17(10(2)26-15)18(24)11-6-13(20)19(14(21)7-11)25-8-16(22)23/h3-7H,8H2,1-2H3,(H,22,23). The van der Waals surface area contributed by atoms with Gasteiger partial charge in [-0.2, -0.15) is 0 Å². The summed E-state index contributed by atoms with van der Waals surface area (Å²) < 4.78 is 12.4. The fourth-order valence-electron chi connectivity index (χ4n) is 2.72. The van der Waals surface area contributed by atoms with Gasteiger partial charge in [-0.25, -0.2) is 4.79 Å². The van der Waals surface area contributed by atoms with Gasteiger partial charge < -0.3 is 14.3 Å². The van der Waals surface area contributed by atoms with Crippen LogP contribution < -0.4 is 4.74 Å². The largest absolute Gasteiger partial charge is 0.480 e. The average Bonchev–Trinajstić information content (AvgIpc) is 2.88. The summed E-state index contributed by atoms with van der Waals surface area (Å²) in [5, 5.41) is 9.58. The van der Waals surface area contributed by atoms with Gasteiger partial charge in [0, 0.05) is 10.9 Å². The van der Waals surface area contributed by atoms with E-state index < -0.39 is 12.6 Å². The predicted molar refractivity (Wildman–Crippen MR) is 114 cm³/mol. The van der Waals surface area contributed by atoms with Gasteiger partial charge in [-0.05, 0) is 83.3 Å². The molecule has 2 aromatic carbocycles. The summed E-state index contributed by atoms with van der Waals surface area (Å²) in [4.78, 5) is 23.9. The Bertz CT molecular complexity index is 1010. The highest BCUT2D eigenvalue weighted by molar-refractivity contribution is 14.1. The zero-order chi connectivity index (χ0) is 19.0. The number of halogens is 2. The van der Waals surface area contributed by atoms with Gasteiger partial charge in [-0.1, -0.05) is 11.6 Å². The summed E-state index contributed by atoms with van der Waals surface area (Å²) in [6.45, 7) is 3.32. The lowest BCUT2D eigenvalue weighted by Gasteiger charge is -2.10. The van der Waals surface area contributed by atoms with Gasteiger partial charge in [0.2, 0.25) is 0 Å². The monoisotopic (exact) mass is 576 g/mol. The second kappa shape index (κ2) is 7.55. The summed E-state index contributed by atoms with van der Waals surface area (Å²) in [6.07, 6.45) is 0. The van der Waals surface area contributed by atoms with Crippen LogP contribution in [0.15, 0.2) is 34.7 Å². The van der Waals surface area contributed by atoms with Crippen LogP contribution in [0, 0.1) is 21.0 Å². The van der Waals surface area contributed by atoms with Crippen LogP contribution in [-0.2, 0) is 4.79 Å². The van der Waals surface area contributed by atoms with Gasteiger partial charge in [0.25, 0.3) is 0 Å². The van der Waals surface area contributed by atoms with Crippen molar-refractivity contribution in [2.24, 2.45) is 0 Å². The Morgan fingerprint density at radius 2 is 1.77 bits per heavy atom. The van der Waals surface area contributed by atoms with Gasteiger partial charge in [0.1, 0.15) is 17.1 Å². The molecule has 3 rings (SSSR count). The van der Waals surface area contributed by atoms with Crippen molar-refractivity contribution in [3.05, 3.63) is 59.9 Å². The van der Waals surface area contributed by atoms with Crippen LogP contribution in [-0.4, -0.2) is 23.5 Å². The third-order valence-electron chi connectivity index (χ3n) is 3.85. The number of benzene rings is 2. The molecule has 3 aromatic rings. The molecule has 5 nitrogen and oxygen atoms in total. The van der Waals surface area contributed by atoms with E-state index in [-0.39, 0.29) is 5.78 Å². The number of hydrogen-bond donors (Lipinski definition) is 1. The first kappa shape index (κ1) is 19.2. The van der Waals surface area contributed by atoms with Crippen LogP contribution >= 0.6 is 45.2 Å². The van der Waals surface area contributed by atoms with Crippen LogP contribution in [0.1, 0.15) is 27.2 Å². The van der Waals surface area contributed by atoms with E-state index in [4.69, 9.17) is 14.3 Å². The third kappa shape index (κ3) is 3.73. The zero-order valence-electron chi connectivity index (χ0n) is 13.9. The fourth-order valence-corrected chi connectivity index (χ4v) is 4.80. The number of hydrogen-bond acceptors (Lipinski definition) is 4. The Labute approximate surface area is 177 Å². The highest BCUT2D eigenvalue weighted by Crippen LogP contribution is 2.33. The molecule has 26 heavy (non-hydrogen) atoms. The predicted octanol–water partition coefficient (Wildman–Crippen LogP) is 4.95. The Morgan fingerprint density at radius 1 is 1.12 bits per heavy atom. The Balaban J connectivity index is 2.05. The molecule has 0 amide bonds. The molecule has 0 aliphatic rings. The van der Waals surface area contributed by atoms with Gasteiger partial charge in [-0.3, -0.25) is 4.79 Å². The van der Waals surface area contributed by atoms with E-state index in [0.29, 0.717) is 35.4 Å². The molecule has 134 valence electrons. The lowest BCUT2D eigenvalue weighted by Crippen LogP contribution is -2.12. The molecule has 1 heterocycles. The number of ketones is 1. The molecular formula is C19H14I2O5. The molecule has 0 aliphatic heterocycles. The zero-order valence-corrected chi connectivity index (χ0v) is 18.2. The number of aryl methyl sites for hydroxylation is 2. The number of aliphatic carboxylic acids is 1. The number of furan rings is 1. The van der Waals surface area contributed by atoms with E-state index in [9.17, 15) is 9.59 Å². The first-order valence-corrected chi connectivity index (χ1v) is 9.81. The molecule has 0 spiro atoms. The van der Waals surface area contributed by atoms with Crippen molar-refractivity contribution in [1.29, 1.82) is 0 Å². The van der Waals surface area contributed by atoms with Gasteiger partial charge in [-0.15, -0.1) is 0 Å². The molecule has 0 bridgehead atoms. The lowest BCUT2D eigenvalue weighted by atomic mass is 9.99. The molecule has 7 heteroatoms. The molecule has 1 N–H and O–H groups in total. The number of carbonyl (C=O) groups excluding carboxylic acids is 1. The molecule has 0 unspecified atom stereocenters. The topological polar surface area (TPSA) is 76.7 Å². The molecular weight excluding hydrogens is 562 g/mol. The summed E-state index contributed by atoms with van der Waals surface area (Å²) >= 11 is 4.09. The average molecular weight is 576 g/mol. The number of ether oxygens (including phenoxy) is 1. The quantitative estimate of drug-likeness (QED) is 0.344. The van der Waals surface area contributed by atoms with E-state index in [2.05, 4.69) is 0 Å². The van der Waals surface area contributed by atoms with Crippen molar-refractivity contribution in [2.45, 2.75) is 13.8 Å². The SMILES string of the molecule is Cc1ccc2oc(C)c(C(=O)c3cc(I)c(OCC(=O)O)c(I)c3)c2c1. The third-order valence-corrected chi connectivity index (χ3v) is 5.45. The second-order valence-electron chi connectivity index (χ2n) is 5.81. The number of rotatable bonds is 5. The summed E-state index contributed by atoms with van der Waals surface area (Å²) in [6, 6.07) is 9.16. The Kier molecular flexibility index (Phi) is 5.56. The number of carbonyl (C=O) groups is 2. The van der Waals surface area contributed by atoms with Gasteiger partial charge >= 0.3 is 5.97 Å². The minimum Gasteiger partial charge on any atom is -0.480 e. The van der Waals surface area contributed by atoms with E-state index in [0.717, 1.165) is 10.9 Å². The van der Waals surface area contributed by atoms with E-state index in [1.54, 1.807) is 19.1 Å². The van der Waals surface area contributed by atoms with Crippen molar-refractivity contribution in [3.63, 3.8) is 0 Å². The summed E-state index contributed by atoms with van der Waals surface area (Å²) in [5.74, 6) is -0.137. The lowest BCUT2D eigenvalue weighted by molar-refractivity contribution is -0.139. The maximum atomic E-state index is 13.1. The molecule has 0 saturated heterocycles. The maximum Gasteiger partial charge on any atom is 0.341 e. The highest BCUT2D eigenvalue weighted by atomic mass is 127. The van der Waals surface area contributed by atoms with Crippen molar-refractivity contribution >= 4 is 67.9 Å². The molecule has 0 aliphatic carbocycles. The number of carboxylic acids is 1. The van der Waals surface area contributed by atoms with Crippen LogP contribution in [0.3, 0.4) is 0 Å². The fraction of sp³-hybridized carbons (Fsp3) is 0.158. The van der Waals surface area contributed by atoms with Crippen molar-refractivity contribution < 1.29 is 23.8 Å². The van der Waals surface area contributed by atoms with E-state index in [1.807, 2.05) is 70.3 Å². The number of carboxylic acid groups (broad SMARTS) is 1. The highest BCUT2D eigenvalue weighted by Gasteiger charge is 2.22. The first-order valence-electron chi connectivity index (χ1n) is 7.66. The molecule has 0 saturated carbocycles. The van der Waals surface area contributed by atoms with Crippen LogP contribution in [0.25, 0.3) is 11.0 Å². The molecule has 0 fully saturated rings.